The second-order valence-electron chi connectivity index (χ2n) is 3.90. The highest BCUT2D eigenvalue weighted by Gasteiger charge is 2.12. The lowest BCUT2D eigenvalue weighted by Crippen LogP contribution is -2.14. The topological polar surface area (TPSA) is 32.3 Å². The Hall–Kier alpha value is -1.94. The van der Waals surface area contributed by atoms with Gasteiger partial charge in [-0.2, -0.15) is 0 Å². The summed E-state index contributed by atoms with van der Waals surface area (Å²) in [6, 6.07) is 12.1. The monoisotopic (exact) mass is 249 g/mol. The van der Waals surface area contributed by atoms with Crippen LogP contribution in [-0.4, -0.2) is 11.7 Å². The van der Waals surface area contributed by atoms with Gasteiger partial charge >= 0.3 is 0 Å². The van der Waals surface area contributed by atoms with Crippen LogP contribution in [0.4, 0.5) is 14.5 Å². The van der Waals surface area contributed by atoms with Crippen LogP contribution in [0.1, 0.15) is 11.7 Å². The van der Waals surface area contributed by atoms with E-state index >= 15 is 0 Å². The van der Waals surface area contributed by atoms with Gasteiger partial charge in [-0.15, -0.1) is 0 Å². The third-order valence-electron chi connectivity index (χ3n) is 2.62. The Bertz CT molecular complexity index is 531. The van der Waals surface area contributed by atoms with Gasteiger partial charge in [-0.1, -0.05) is 30.3 Å². The summed E-state index contributed by atoms with van der Waals surface area (Å²) in [5, 5.41) is 12.6. The predicted molar refractivity (Wildman–Crippen MR) is 66.2 cm³/mol. The molecule has 0 fully saturated rings. The third kappa shape index (κ3) is 2.84. The smallest absolute Gasteiger partial charge is 0.146 e. The van der Waals surface area contributed by atoms with Crippen LogP contribution in [0.15, 0.2) is 48.5 Å². The Morgan fingerprint density at radius 2 is 1.56 bits per heavy atom. The molecule has 2 N–H and O–H groups in total. The molecule has 0 amide bonds. The number of aliphatic hydroxyl groups excluding tert-OH is 1. The summed E-state index contributed by atoms with van der Waals surface area (Å²) >= 11 is 0. The fourth-order valence-electron chi connectivity index (χ4n) is 1.67. The SMILES string of the molecule is OC(CNc1ccccc1F)c1ccccc1F. The van der Waals surface area contributed by atoms with Crippen molar-refractivity contribution in [1.82, 2.24) is 0 Å². The van der Waals surface area contributed by atoms with Gasteiger partial charge < -0.3 is 10.4 Å². The molecule has 0 saturated heterocycles. The summed E-state index contributed by atoms with van der Waals surface area (Å²) in [7, 11) is 0. The maximum Gasteiger partial charge on any atom is 0.146 e. The van der Waals surface area contributed by atoms with Crippen molar-refractivity contribution >= 4 is 5.69 Å². The first-order valence-corrected chi connectivity index (χ1v) is 5.59. The number of anilines is 1. The molecule has 4 heteroatoms. The fourth-order valence-corrected chi connectivity index (χ4v) is 1.67. The van der Waals surface area contributed by atoms with Gasteiger partial charge in [0.05, 0.1) is 11.8 Å². The Labute approximate surface area is 104 Å². The van der Waals surface area contributed by atoms with Gasteiger partial charge in [0.1, 0.15) is 11.6 Å². The molecule has 0 aliphatic rings. The van der Waals surface area contributed by atoms with E-state index in [-0.39, 0.29) is 17.8 Å². The molecule has 1 unspecified atom stereocenters. The van der Waals surface area contributed by atoms with Crippen LogP contribution in [0.5, 0.6) is 0 Å². The van der Waals surface area contributed by atoms with Crippen molar-refractivity contribution in [3.05, 3.63) is 65.7 Å². The maximum atomic E-state index is 13.4. The highest BCUT2D eigenvalue weighted by atomic mass is 19.1. The van der Waals surface area contributed by atoms with Crippen molar-refractivity contribution in [3.63, 3.8) is 0 Å². The highest BCUT2D eigenvalue weighted by molar-refractivity contribution is 5.44. The zero-order chi connectivity index (χ0) is 13.0. The Morgan fingerprint density at radius 3 is 2.22 bits per heavy atom. The number of para-hydroxylation sites is 1. The molecule has 2 aromatic rings. The maximum absolute atomic E-state index is 13.4. The molecule has 0 aliphatic heterocycles. The molecular formula is C14H13F2NO. The van der Waals surface area contributed by atoms with Crippen molar-refractivity contribution in [2.45, 2.75) is 6.10 Å². The molecule has 0 aliphatic carbocycles. The molecule has 2 nitrogen and oxygen atoms in total. The van der Waals surface area contributed by atoms with Crippen molar-refractivity contribution in [2.75, 3.05) is 11.9 Å². The molecule has 0 spiro atoms. The molecule has 1 atom stereocenters. The van der Waals surface area contributed by atoms with E-state index in [0.29, 0.717) is 0 Å². The van der Waals surface area contributed by atoms with Crippen LogP contribution in [0, 0.1) is 11.6 Å². The summed E-state index contributed by atoms with van der Waals surface area (Å²) in [6.45, 7) is 0.0435. The lowest BCUT2D eigenvalue weighted by atomic mass is 10.1. The first kappa shape index (κ1) is 12.5. The van der Waals surface area contributed by atoms with Crippen LogP contribution >= 0.6 is 0 Å². The van der Waals surface area contributed by atoms with Gasteiger partial charge in [0, 0.05) is 12.1 Å². The fraction of sp³-hybridized carbons (Fsp3) is 0.143. The first-order valence-electron chi connectivity index (χ1n) is 5.59. The Balaban J connectivity index is 2.03. The van der Waals surface area contributed by atoms with Gasteiger partial charge in [0.25, 0.3) is 0 Å². The summed E-state index contributed by atoms with van der Waals surface area (Å²) in [5.74, 6) is -0.876. The molecule has 94 valence electrons. The zero-order valence-electron chi connectivity index (χ0n) is 9.61. The lowest BCUT2D eigenvalue weighted by molar-refractivity contribution is 0.186. The molecule has 18 heavy (non-hydrogen) atoms. The van der Waals surface area contributed by atoms with Crippen LogP contribution < -0.4 is 5.32 Å². The number of aliphatic hydroxyl groups is 1. The Morgan fingerprint density at radius 1 is 0.944 bits per heavy atom. The van der Waals surface area contributed by atoms with E-state index in [0.717, 1.165) is 0 Å². The highest BCUT2D eigenvalue weighted by Crippen LogP contribution is 2.18. The van der Waals surface area contributed by atoms with E-state index in [4.69, 9.17) is 0 Å². The van der Waals surface area contributed by atoms with Crippen molar-refractivity contribution < 1.29 is 13.9 Å². The zero-order valence-corrected chi connectivity index (χ0v) is 9.61. The predicted octanol–water partition coefficient (Wildman–Crippen LogP) is 3.11. The molecule has 2 rings (SSSR count). The number of hydrogen-bond acceptors (Lipinski definition) is 2. The summed E-state index contributed by atoms with van der Waals surface area (Å²) in [6.07, 6.45) is -1.02. The van der Waals surface area contributed by atoms with Crippen molar-refractivity contribution in [2.24, 2.45) is 0 Å². The molecule has 0 radical (unpaired) electrons. The van der Waals surface area contributed by atoms with Crippen molar-refractivity contribution in [1.29, 1.82) is 0 Å². The van der Waals surface area contributed by atoms with E-state index in [2.05, 4.69) is 5.32 Å². The normalized spacial score (nSPS) is 12.2. The summed E-state index contributed by atoms with van der Waals surface area (Å²) in [5.41, 5.74) is 0.481. The second kappa shape index (κ2) is 5.60. The second-order valence-corrected chi connectivity index (χ2v) is 3.90. The minimum absolute atomic E-state index is 0.0435. The molecule has 0 bridgehead atoms. The summed E-state index contributed by atoms with van der Waals surface area (Å²) < 4.78 is 26.7. The van der Waals surface area contributed by atoms with Crippen molar-refractivity contribution in [3.8, 4) is 0 Å². The van der Waals surface area contributed by atoms with E-state index in [1.54, 1.807) is 30.3 Å². The van der Waals surface area contributed by atoms with Crippen LogP contribution in [0.2, 0.25) is 0 Å². The quantitative estimate of drug-likeness (QED) is 0.872. The molecule has 0 aromatic heterocycles. The average Bonchev–Trinajstić information content (AvgIpc) is 2.38. The molecule has 0 saturated carbocycles. The van der Waals surface area contributed by atoms with E-state index in [1.807, 2.05) is 0 Å². The van der Waals surface area contributed by atoms with E-state index < -0.39 is 17.7 Å². The van der Waals surface area contributed by atoms with Gasteiger partial charge in [-0.25, -0.2) is 8.78 Å². The third-order valence-corrected chi connectivity index (χ3v) is 2.62. The Kier molecular flexibility index (Phi) is 3.89. The van der Waals surface area contributed by atoms with Crippen LogP contribution in [-0.2, 0) is 0 Å². The number of benzene rings is 2. The van der Waals surface area contributed by atoms with Gasteiger partial charge in [-0.05, 0) is 18.2 Å². The van der Waals surface area contributed by atoms with Crippen LogP contribution in [0.3, 0.4) is 0 Å². The first-order chi connectivity index (χ1) is 8.68. The minimum atomic E-state index is -1.02. The standard InChI is InChI=1S/C14H13F2NO/c15-11-6-2-1-5-10(11)14(18)9-17-13-8-4-3-7-12(13)16/h1-8,14,17-18H,9H2. The number of nitrogens with one attached hydrogen (secondary N) is 1. The lowest BCUT2D eigenvalue weighted by Gasteiger charge is -2.14. The molecule has 2 aromatic carbocycles. The number of halogens is 2. The molecule has 0 heterocycles. The minimum Gasteiger partial charge on any atom is -0.386 e. The average molecular weight is 249 g/mol. The largest absolute Gasteiger partial charge is 0.386 e. The van der Waals surface area contributed by atoms with Gasteiger partial charge in [0.2, 0.25) is 0 Å². The van der Waals surface area contributed by atoms with Gasteiger partial charge in [0.15, 0.2) is 0 Å². The summed E-state index contributed by atoms with van der Waals surface area (Å²) in [4.78, 5) is 0. The van der Waals surface area contributed by atoms with E-state index in [9.17, 15) is 13.9 Å². The van der Waals surface area contributed by atoms with E-state index in [1.165, 1.54) is 18.2 Å². The number of rotatable bonds is 4. The number of hydrogen-bond donors (Lipinski definition) is 2. The van der Waals surface area contributed by atoms with Gasteiger partial charge in [-0.3, -0.25) is 0 Å². The van der Waals surface area contributed by atoms with Crippen LogP contribution in [0.25, 0.3) is 0 Å². The molecular weight excluding hydrogens is 236 g/mol.